The van der Waals surface area contributed by atoms with Crippen LogP contribution in [0.25, 0.3) is 10.1 Å². The molecule has 1 aromatic carbocycles. The largest absolute Gasteiger partial charge is 0.465 e. The van der Waals surface area contributed by atoms with E-state index in [0.717, 1.165) is 15.8 Å². The Bertz CT molecular complexity index is 575. The summed E-state index contributed by atoms with van der Waals surface area (Å²) in [5.41, 5.74) is 7.53. The number of fused-ring (bicyclic) bond motifs is 1. The standard InChI is InChI=1S/C12H14N2O2S/c1-14(2)7-4-5-9-8(6-7)10(13)11(17-9)12(15)16-3/h4-6H,13H2,1-3H3. The number of thiophene rings is 1. The maximum Gasteiger partial charge on any atom is 0.350 e. The van der Waals surface area contributed by atoms with E-state index in [-0.39, 0.29) is 5.97 Å². The van der Waals surface area contributed by atoms with Crippen LogP contribution in [0.2, 0.25) is 0 Å². The van der Waals surface area contributed by atoms with Crippen LogP contribution < -0.4 is 10.6 Å². The number of carbonyl (C=O) groups excluding carboxylic acids is 1. The van der Waals surface area contributed by atoms with Crippen molar-refractivity contribution in [3.05, 3.63) is 23.1 Å². The second-order valence-corrected chi connectivity index (χ2v) is 4.96. The van der Waals surface area contributed by atoms with Crippen molar-refractivity contribution < 1.29 is 9.53 Å². The SMILES string of the molecule is COC(=O)c1sc2ccc(N(C)C)cc2c1N. The van der Waals surface area contributed by atoms with Gasteiger partial charge in [0.1, 0.15) is 4.88 Å². The van der Waals surface area contributed by atoms with Crippen LogP contribution in [0.1, 0.15) is 9.67 Å². The molecule has 17 heavy (non-hydrogen) atoms. The Kier molecular flexibility index (Phi) is 2.93. The van der Waals surface area contributed by atoms with Crippen LogP contribution in [-0.4, -0.2) is 27.2 Å². The van der Waals surface area contributed by atoms with Crippen molar-refractivity contribution in [2.75, 3.05) is 31.8 Å². The molecule has 2 N–H and O–H groups in total. The second-order valence-electron chi connectivity index (χ2n) is 3.91. The lowest BCUT2D eigenvalue weighted by Gasteiger charge is -2.11. The Labute approximate surface area is 104 Å². The van der Waals surface area contributed by atoms with Crippen molar-refractivity contribution in [1.29, 1.82) is 0 Å². The zero-order chi connectivity index (χ0) is 12.6. The van der Waals surface area contributed by atoms with Gasteiger partial charge in [0.25, 0.3) is 0 Å². The predicted octanol–water partition coefficient (Wildman–Crippen LogP) is 2.34. The van der Waals surface area contributed by atoms with E-state index >= 15 is 0 Å². The van der Waals surface area contributed by atoms with Crippen LogP contribution in [-0.2, 0) is 4.74 Å². The van der Waals surface area contributed by atoms with Crippen LogP contribution >= 0.6 is 11.3 Å². The highest BCUT2D eigenvalue weighted by Gasteiger charge is 2.17. The highest BCUT2D eigenvalue weighted by Crippen LogP contribution is 2.36. The zero-order valence-electron chi connectivity index (χ0n) is 9.98. The minimum Gasteiger partial charge on any atom is -0.465 e. The average molecular weight is 250 g/mol. The summed E-state index contributed by atoms with van der Waals surface area (Å²) >= 11 is 1.36. The molecule has 0 radical (unpaired) electrons. The van der Waals surface area contributed by atoms with Gasteiger partial charge < -0.3 is 15.4 Å². The third-order valence-corrected chi connectivity index (χ3v) is 3.76. The minimum atomic E-state index is -0.380. The molecular formula is C12H14N2O2S. The molecule has 0 fully saturated rings. The number of hydrogen-bond donors (Lipinski definition) is 1. The van der Waals surface area contributed by atoms with Gasteiger partial charge in [0.15, 0.2) is 0 Å². The number of hydrogen-bond acceptors (Lipinski definition) is 5. The van der Waals surface area contributed by atoms with Crippen LogP contribution in [0.5, 0.6) is 0 Å². The topological polar surface area (TPSA) is 55.6 Å². The molecule has 0 spiro atoms. The van der Waals surface area contributed by atoms with Crippen LogP contribution in [0.3, 0.4) is 0 Å². The number of benzene rings is 1. The Morgan fingerprint density at radius 3 is 2.71 bits per heavy atom. The van der Waals surface area contributed by atoms with Gasteiger partial charge in [0.2, 0.25) is 0 Å². The maximum absolute atomic E-state index is 11.5. The lowest BCUT2D eigenvalue weighted by Crippen LogP contribution is -2.08. The van der Waals surface area contributed by atoms with E-state index in [0.29, 0.717) is 10.6 Å². The van der Waals surface area contributed by atoms with Gasteiger partial charge in [-0.05, 0) is 18.2 Å². The van der Waals surface area contributed by atoms with Crippen molar-refractivity contribution >= 4 is 38.8 Å². The highest BCUT2D eigenvalue weighted by molar-refractivity contribution is 7.21. The van der Waals surface area contributed by atoms with Gasteiger partial charge in [0, 0.05) is 29.9 Å². The third kappa shape index (κ3) is 1.93. The molecule has 0 bridgehead atoms. The molecule has 0 aliphatic carbocycles. The molecule has 0 aliphatic heterocycles. The summed E-state index contributed by atoms with van der Waals surface area (Å²) < 4.78 is 5.70. The number of carbonyl (C=O) groups is 1. The number of anilines is 2. The summed E-state index contributed by atoms with van der Waals surface area (Å²) in [4.78, 5) is 14.0. The second kappa shape index (κ2) is 4.25. The van der Waals surface area contributed by atoms with Gasteiger partial charge in [-0.25, -0.2) is 4.79 Å². The number of nitrogen functional groups attached to an aromatic ring is 1. The maximum atomic E-state index is 11.5. The van der Waals surface area contributed by atoms with Crippen molar-refractivity contribution in [2.24, 2.45) is 0 Å². The summed E-state index contributed by atoms with van der Waals surface area (Å²) in [6.45, 7) is 0. The molecule has 5 heteroatoms. The fourth-order valence-corrected chi connectivity index (χ4v) is 2.65. The zero-order valence-corrected chi connectivity index (χ0v) is 10.8. The van der Waals surface area contributed by atoms with E-state index in [4.69, 9.17) is 10.5 Å². The first-order valence-electron chi connectivity index (χ1n) is 5.12. The molecular weight excluding hydrogens is 236 g/mol. The van der Waals surface area contributed by atoms with Crippen molar-refractivity contribution in [1.82, 2.24) is 0 Å². The Morgan fingerprint density at radius 2 is 2.12 bits per heavy atom. The molecule has 1 aromatic heterocycles. The summed E-state index contributed by atoms with van der Waals surface area (Å²) in [5.74, 6) is -0.380. The minimum absolute atomic E-state index is 0.380. The Hall–Kier alpha value is -1.75. The van der Waals surface area contributed by atoms with Gasteiger partial charge in [-0.2, -0.15) is 0 Å². The molecule has 0 aliphatic rings. The third-order valence-electron chi connectivity index (χ3n) is 2.60. The molecule has 2 aromatic rings. The molecule has 0 atom stereocenters. The summed E-state index contributed by atoms with van der Waals surface area (Å²) in [7, 11) is 5.29. The first kappa shape index (κ1) is 11.7. The number of ether oxygens (including phenoxy) is 1. The van der Waals surface area contributed by atoms with Crippen molar-refractivity contribution in [2.45, 2.75) is 0 Å². The van der Waals surface area contributed by atoms with Gasteiger partial charge in [-0.15, -0.1) is 11.3 Å². The quantitative estimate of drug-likeness (QED) is 0.831. The number of nitrogens with zero attached hydrogens (tertiary/aromatic N) is 1. The van der Waals surface area contributed by atoms with E-state index in [9.17, 15) is 4.79 Å². The Morgan fingerprint density at radius 1 is 1.41 bits per heavy atom. The summed E-state index contributed by atoms with van der Waals surface area (Å²) in [6.07, 6.45) is 0. The molecule has 0 saturated heterocycles. The molecule has 90 valence electrons. The summed E-state index contributed by atoms with van der Waals surface area (Å²) in [5, 5.41) is 0.904. The van der Waals surface area contributed by atoms with E-state index in [1.807, 2.05) is 37.2 Å². The first-order chi connectivity index (χ1) is 8.04. The van der Waals surface area contributed by atoms with Gasteiger partial charge in [-0.1, -0.05) is 0 Å². The first-order valence-corrected chi connectivity index (χ1v) is 5.94. The molecule has 2 rings (SSSR count). The lowest BCUT2D eigenvalue weighted by atomic mass is 10.2. The van der Waals surface area contributed by atoms with Gasteiger partial charge in [0.05, 0.1) is 12.8 Å². The van der Waals surface area contributed by atoms with E-state index < -0.39 is 0 Å². The van der Waals surface area contributed by atoms with Crippen molar-refractivity contribution in [3.8, 4) is 0 Å². The molecule has 0 amide bonds. The van der Waals surface area contributed by atoms with Crippen molar-refractivity contribution in [3.63, 3.8) is 0 Å². The van der Waals surface area contributed by atoms with Crippen LogP contribution in [0.4, 0.5) is 11.4 Å². The van der Waals surface area contributed by atoms with Crippen LogP contribution in [0, 0.1) is 0 Å². The highest BCUT2D eigenvalue weighted by atomic mass is 32.1. The van der Waals surface area contributed by atoms with E-state index in [1.165, 1.54) is 18.4 Å². The fraction of sp³-hybridized carbons (Fsp3) is 0.250. The molecule has 0 unspecified atom stereocenters. The average Bonchev–Trinajstić information content (AvgIpc) is 2.65. The molecule has 1 heterocycles. The molecule has 0 saturated carbocycles. The van der Waals surface area contributed by atoms with Gasteiger partial charge >= 0.3 is 5.97 Å². The smallest absolute Gasteiger partial charge is 0.350 e. The van der Waals surface area contributed by atoms with E-state index in [1.54, 1.807) is 0 Å². The normalized spacial score (nSPS) is 10.5. The fourth-order valence-electron chi connectivity index (χ4n) is 1.63. The summed E-state index contributed by atoms with van der Waals surface area (Å²) in [6, 6.07) is 5.95. The number of nitrogens with two attached hydrogens (primary N) is 1. The number of rotatable bonds is 2. The number of methoxy groups -OCH3 is 1. The van der Waals surface area contributed by atoms with E-state index in [2.05, 4.69) is 0 Å². The van der Waals surface area contributed by atoms with Crippen LogP contribution in [0.15, 0.2) is 18.2 Å². The van der Waals surface area contributed by atoms with Gasteiger partial charge in [-0.3, -0.25) is 0 Å². The lowest BCUT2D eigenvalue weighted by molar-refractivity contribution is 0.0607. The predicted molar refractivity (Wildman–Crippen MR) is 71.9 cm³/mol. The Balaban J connectivity index is 2.62. The molecule has 4 nitrogen and oxygen atoms in total. The monoisotopic (exact) mass is 250 g/mol. The number of esters is 1.